The lowest BCUT2D eigenvalue weighted by Gasteiger charge is -2.17. The normalized spacial score (nSPS) is 23.1. The average molecular weight is 236 g/mol. The van der Waals surface area contributed by atoms with E-state index < -0.39 is 0 Å². The van der Waals surface area contributed by atoms with E-state index in [1.165, 1.54) is 42.8 Å². The van der Waals surface area contributed by atoms with Gasteiger partial charge < -0.3 is 5.32 Å². The highest BCUT2D eigenvalue weighted by Crippen LogP contribution is 2.35. The minimum Gasteiger partial charge on any atom is -0.305 e. The summed E-state index contributed by atoms with van der Waals surface area (Å²) in [6.07, 6.45) is 6.61. The van der Waals surface area contributed by atoms with Gasteiger partial charge in [-0.05, 0) is 51.9 Å². The van der Waals surface area contributed by atoms with Crippen LogP contribution in [0.25, 0.3) is 0 Å². The van der Waals surface area contributed by atoms with Crippen molar-refractivity contribution >= 4 is 11.3 Å². The van der Waals surface area contributed by atoms with Crippen LogP contribution < -0.4 is 5.32 Å². The second kappa shape index (κ2) is 4.11. The molecule has 0 aliphatic heterocycles. The van der Waals surface area contributed by atoms with Crippen LogP contribution in [0.3, 0.4) is 0 Å². The van der Waals surface area contributed by atoms with Crippen molar-refractivity contribution in [3.05, 3.63) is 15.6 Å². The molecule has 1 aromatic rings. The molecule has 0 bridgehead atoms. The molecule has 2 atom stereocenters. The van der Waals surface area contributed by atoms with E-state index in [9.17, 15) is 0 Å². The highest BCUT2D eigenvalue weighted by atomic mass is 32.1. The number of rotatable bonds is 4. The summed E-state index contributed by atoms with van der Waals surface area (Å²) in [5.41, 5.74) is 1.38. The predicted octanol–water partition coefficient (Wildman–Crippen LogP) is 3.08. The van der Waals surface area contributed by atoms with E-state index in [1.807, 2.05) is 11.3 Å². The summed E-state index contributed by atoms with van der Waals surface area (Å²) in [4.78, 5) is 6.32. The standard InChI is InChI=1S/C13H20N2S/c1-8(10-6-7-10)14-9(2)13-15-11-4-3-5-12(11)16-13/h8-10,14H,3-7H2,1-2H3. The van der Waals surface area contributed by atoms with E-state index in [4.69, 9.17) is 4.98 Å². The first-order valence-corrected chi connectivity index (χ1v) is 7.30. The molecule has 2 unspecified atom stereocenters. The Kier molecular flexibility index (Phi) is 2.76. The molecule has 0 radical (unpaired) electrons. The number of aryl methyl sites for hydroxylation is 2. The van der Waals surface area contributed by atoms with Crippen molar-refractivity contribution in [2.45, 2.75) is 58.0 Å². The van der Waals surface area contributed by atoms with Gasteiger partial charge in [0.05, 0.1) is 11.7 Å². The van der Waals surface area contributed by atoms with Crippen molar-refractivity contribution in [2.24, 2.45) is 5.92 Å². The molecule has 16 heavy (non-hydrogen) atoms. The third-order valence-electron chi connectivity index (χ3n) is 3.82. The fourth-order valence-corrected chi connectivity index (χ4v) is 3.76. The summed E-state index contributed by atoms with van der Waals surface area (Å²) in [5.74, 6) is 0.925. The lowest BCUT2D eigenvalue weighted by atomic mass is 10.2. The molecule has 3 rings (SSSR count). The molecule has 2 aliphatic rings. The van der Waals surface area contributed by atoms with Gasteiger partial charge in [0.25, 0.3) is 0 Å². The van der Waals surface area contributed by atoms with E-state index >= 15 is 0 Å². The van der Waals surface area contributed by atoms with Gasteiger partial charge in [-0.15, -0.1) is 11.3 Å². The first-order valence-electron chi connectivity index (χ1n) is 6.48. The van der Waals surface area contributed by atoms with Crippen LogP contribution in [-0.4, -0.2) is 11.0 Å². The maximum absolute atomic E-state index is 4.78. The molecular weight excluding hydrogens is 216 g/mol. The van der Waals surface area contributed by atoms with Crippen LogP contribution in [0.2, 0.25) is 0 Å². The molecule has 0 aromatic carbocycles. The number of thiazole rings is 1. The Morgan fingerprint density at radius 3 is 2.81 bits per heavy atom. The first-order chi connectivity index (χ1) is 7.74. The third kappa shape index (κ3) is 2.03. The second-order valence-electron chi connectivity index (χ2n) is 5.29. The van der Waals surface area contributed by atoms with Crippen LogP contribution in [0.15, 0.2) is 0 Å². The average Bonchev–Trinajstić information content (AvgIpc) is 2.87. The summed E-state index contributed by atoms with van der Waals surface area (Å²) >= 11 is 1.93. The van der Waals surface area contributed by atoms with Crippen molar-refractivity contribution in [1.82, 2.24) is 10.3 Å². The maximum atomic E-state index is 4.78. The van der Waals surface area contributed by atoms with E-state index in [2.05, 4.69) is 19.2 Å². The van der Waals surface area contributed by atoms with Crippen LogP contribution in [0, 0.1) is 5.92 Å². The van der Waals surface area contributed by atoms with Gasteiger partial charge in [0.15, 0.2) is 0 Å². The Bertz CT molecular complexity index is 360. The molecule has 1 heterocycles. The summed E-state index contributed by atoms with van der Waals surface area (Å²) in [7, 11) is 0. The number of hydrogen-bond donors (Lipinski definition) is 1. The monoisotopic (exact) mass is 236 g/mol. The molecule has 1 N–H and O–H groups in total. The highest BCUT2D eigenvalue weighted by Gasteiger charge is 2.29. The SMILES string of the molecule is CC(NC(C)C1CC1)c1nc2c(s1)CCC2. The molecule has 1 saturated carbocycles. The number of aromatic nitrogens is 1. The smallest absolute Gasteiger partial charge is 0.110 e. The molecule has 0 spiro atoms. The zero-order chi connectivity index (χ0) is 11.1. The molecule has 1 fully saturated rings. The van der Waals surface area contributed by atoms with Gasteiger partial charge in [-0.1, -0.05) is 0 Å². The van der Waals surface area contributed by atoms with Crippen molar-refractivity contribution < 1.29 is 0 Å². The van der Waals surface area contributed by atoms with E-state index in [-0.39, 0.29) is 0 Å². The number of nitrogens with one attached hydrogen (secondary N) is 1. The molecule has 2 nitrogen and oxygen atoms in total. The van der Waals surface area contributed by atoms with E-state index in [0.29, 0.717) is 12.1 Å². The van der Waals surface area contributed by atoms with Gasteiger partial charge in [0.2, 0.25) is 0 Å². The van der Waals surface area contributed by atoms with Crippen LogP contribution in [0.5, 0.6) is 0 Å². The molecule has 2 aliphatic carbocycles. The summed E-state index contributed by atoms with van der Waals surface area (Å²) in [5, 5.41) is 5.00. The fourth-order valence-electron chi connectivity index (χ4n) is 2.59. The topological polar surface area (TPSA) is 24.9 Å². The Balaban J connectivity index is 1.66. The van der Waals surface area contributed by atoms with Crippen LogP contribution in [0.4, 0.5) is 0 Å². The van der Waals surface area contributed by atoms with Crippen molar-refractivity contribution in [3.63, 3.8) is 0 Å². The number of fused-ring (bicyclic) bond motifs is 1. The van der Waals surface area contributed by atoms with Crippen LogP contribution in [0.1, 0.15) is 54.7 Å². The zero-order valence-corrected chi connectivity index (χ0v) is 10.9. The lowest BCUT2D eigenvalue weighted by Crippen LogP contribution is -2.30. The zero-order valence-electron chi connectivity index (χ0n) is 10.1. The Morgan fingerprint density at radius 1 is 1.31 bits per heavy atom. The quantitative estimate of drug-likeness (QED) is 0.869. The minimum atomic E-state index is 0.436. The maximum Gasteiger partial charge on any atom is 0.110 e. The fraction of sp³-hybridized carbons (Fsp3) is 0.769. The van der Waals surface area contributed by atoms with Gasteiger partial charge in [0.1, 0.15) is 5.01 Å². The predicted molar refractivity (Wildman–Crippen MR) is 67.9 cm³/mol. The first kappa shape index (κ1) is 10.7. The lowest BCUT2D eigenvalue weighted by molar-refractivity contribution is 0.440. The van der Waals surface area contributed by atoms with Crippen molar-refractivity contribution in [3.8, 4) is 0 Å². The molecule has 1 aromatic heterocycles. The summed E-state index contributed by atoms with van der Waals surface area (Å²) in [6, 6.07) is 1.10. The molecule has 0 amide bonds. The van der Waals surface area contributed by atoms with Gasteiger partial charge in [0, 0.05) is 10.9 Å². The molecule has 88 valence electrons. The number of hydrogen-bond acceptors (Lipinski definition) is 3. The Labute approximate surface area is 101 Å². The Morgan fingerprint density at radius 2 is 2.12 bits per heavy atom. The van der Waals surface area contributed by atoms with Gasteiger partial charge in [-0.25, -0.2) is 4.98 Å². The van der Waals surface area contributed by atoms with E-state index in [0.717, 1.165) is 5.92 Å². The van der Waals surface area contributed by atoms with Crippen molar-refractivity contribution in [2.75, 3.05) is 0 Å². The minimum absolute atomic E-state index is 0.436. The van der Waals surface area contributed by atoms with Crippen molar-refractivity contribution in [1.29, 1.82) is 0 Å². The van der Waals surface area contributed by atoms with Gasteiger partial charge >= 0.3 is 0 Å². The largest absolute Gasteiger partial charge is 0.305 e. The summed E-state index contributed by atoms with van der Waals surface area (Å²) in [6.45, 7) is 4.57. The third-order valence-corrected chi connectivity index (χ3v) is 5.16. The second-order valence-corrected chi connectivity index (χ2v) is 6.41. The summed E-state index contributed by atoms with van der Waals surface area (Å²) < 4.78 is 0. The van der Waals surface area contributed by atoms with Crippen LogP contribution >= 0.6 is 11.3 Å². The highest BCUT2D eigenvalue weighted by molar-refractivity contribution is 7.11. The van der Waals surface area contributed by atoms with Gasteiger partial charge in [-0.2, -0.15) is 0 Å². The van der Waals surface area contributed by atoms with E-state index in [1.54, 1.807) is 4.88 Å². The van der Waals surface area contributed by atoms with Gasteiger partial charge in [-0.3, -0.25) is 0 Å². The molecule has 3 heteroatoms. The Hall–Kier alpha value is -0.410. The van der Waals surface area contributed by atoms with Crippen LogP contribution in [-0.2, 0) is 12.8 Å². The molecule has 0 saturated heterocycles. The molecular formula is C13H20N2S. The number of nitrogens with zero attached hydrogens (tertiary/aromatic N) is 1.